The van der Waals surface area contributed by atoms with Crippen LogP contribution in [0.1, 0.15) is 13.8 Å². The molecule has 112 valence electrons. The van der Waals surface area contributed by atoms with E-state index < -0.39 is 14.9 Å². The second kappa shape index (κ2) is 6.64. The summed E-state index contributed by atoms with van der Waals surface area (Å²) in [5, 5.41) is 10.7. The molecule has 9 heteroatoms. The molecule has 0 amide bonds. The van der Waals surface area contributed by atoms with E-state index in [2.05, 4.69) is 4.72 Å². The molecule has 0 radical (unpaired) electrons. The van der Waals surface area contributed by atoms with E-state index in [4.69, 9.17) is 10.5 Å². The number of nitro groups is 1. The molecular formula is C11H17N3O5S. The number of rotatable bonds is 7. The number of hydrogen-bond donors (Lipinski definition) is 2. The summed E-state index contributed by atoms with van der Waals surface area (Å²) in [6.45, 7) is 4.02. The summed E-state index contributed by atoms with van der Waals surface area (Å²) in [5.41, 5.74) is 5.18. The summed E-state index contributed by atoms with van der Waals surface area (Å²) in [6, 6.07) is 3.28. The van der Waals surface area contributed by atoms with Gasteiger partial charge in [-0.15, -0.1) is 0 Å². The molecule has 1 rings (SSSR count). The van der Waals surface area contributed by atoms with Crippen LogP contribution in [0.2, 0.25) is 0 Å². The minimum Gasteiger partial charge on any atom is -0.398 e. The third kappa shape index (κ3) is 4.15. The third-order valence-corrected chi connectivity index (χ3v) is 3.99. The summed E-state index contributed by atoms with van der Waals surface area (Å²) in [7, 11) is -3.92. The number of nitrogens with one attached hydrogen (secondary N) is 1. The zero-order valence-electron chi connectivity index (χ0n) is 11.2. The molecule has 0 bridgehead atoms. The fourth-order valence-electron chi connectivity index (χ4n) is 1.52. The van der Waals surface area contributed by atoms with Crippen molar-refractivity contribution in [2.75, 3.05) is 18.9 Å². The van der Waals surface area contributed by atoms with Crippen molar-refractivity contribution in [2.45, 2.75) is 24.8 Å². The second-order valence-electron chi connectivity index (χ2n) is 4.10. The van der Waals surface area contributed by atoms with Crippen LogP contribution in [-0.4, -0.2) is 32.6 Å². The average Bonchev–Trinajstić information content (AvgIpc) is 2.37. The molecule has 0 saturated carbocycles. The van der Waals surface area contributed by atoms with Gasteiger partial charge in [0.2, 0.25) is 10.0 Å². The first kappa shape index (κ1) is 16.3. The lowest BCUT2D eigenvalue weighted by atomic mass is 10.3. The Labute approximate surface area is 117 Å². The van der Waals surface area contributed by atoms with Gasteiger partial charge in [-0.3, -0.25) is 10.1 Å². The molecule has 0 aliphatic heterocycles. The van der Waals surface area contributed by atoms with Gasteiger partial charge in [0, 0.05) is 25.3 Å². The Morgan fingerprint density at radius 2 is 2.15 bits per heavy atom. The van der Waals surface area contributed by atoms with Crippen LogP contribution in [0.25, 0.3) is 0 Å². The maximum Gasteiger partial charge on any atom is 0.270 e. The Hall–Kier alpha value is -1.71. The van der Waals surface area contributed by atoms with Crippen molar-refractivity contribution in [3.8, 4) is 0 Å². The number of nitro benzene ring substituents is 1. The highest BCUT2D eigenvalue weighted by Gasteiger charge is 2.21. The predicted octanol–water partition coefficient (Wildman–Crippen LogP) is 0.880. The Kier molecular flexibility index (Phi) is 5.43. The van der Waals surface area contributed by atoms with Crippen LogP contribution < -0.4 is 10.5 Å². The molecule has 1 aromatic rings. The Morgan fingerprint density at radius 3 is 2.70 bits per heavy atom. The van der Waals surface area contributed by atoms with Crippen molar-refractivity contribution in [1.29, 1.82) is 0 Å². The molecule has 20 heavy (non-hydrogen) atoms. The summed E-state index contributed by atoms with van der Waals surface area (Å²) >= 11 is 0. The average molecular weight is 303 g/mol. The molecule has 1 aromatic carbocycles. The minimum atomic E-state index is -3.92. The molecule has 0 aromatic heterocycles. The van der Waals surface area contributed by atoms with Crippen LogP contribution in [0.15, 0.2) is 23.1 Å². The molecule has 0 fully saturated rings. The van der Waals surface area contributed by atoms with E-state index in [1.807, 2.05) is 0 Å². The number of non-ortho nitro benzene ring substituents is 1. The third-order valence-electron chi connectivity index (χ3n) is 2.51. The maximum absolute atomic E-state index is 12.1. The van der Waals surface area contributed by atoms with Crippen LogP contribution in [0.4, 0.5) is 11.4 Å². The zero-order valence-corrected chi connectivity index (χ0v) is 12.0. The SMILES string of the molecule is CCOC(C)CNS(=O)(=O)c1cc([N+](=O)[O-])ccc1N. The zero-order chi connectivity index (χ0) is 15.3. The van der Waals surface area contributed by atoms with Gasteiger partial charge in [-0.2, -0.15) is 0 Å². The van der Waals surface area contributed by atoms with Gasteiger partial charge in [0.25, 0.3) is 5.69 Å². The number of hydrogen-bond acceptors (Lipinski definition) is 6. The first-order chi connectivity index (χ1) is 9.27. The van der Waals surface area contributed by atoms with Crippen molar-refractivity contribution in [3.05, 3.63) is 28.3 Å². The van der Waals surface area contributed by atoms with Crippen molar-refractivity contribution in [1.82, 2.24) is 4.72 Å². The lowest BCUT2D eigenvalue weighted by molar-refractivity contribution is -0.385. The number of nitrogen functional groups attached to an aromatic ring is 1. The normalized spacial score (nSPS) is 13.1. The van der Waals surface area contributed by atoms with Crippen LogP contribution in [0, 0.1) is 10.1 Å². The number of sulfonamides is 1. The first-order valence-electron chi connectivity index (χ1n) is 5.93. The van der Waals surface area contributed by atoms with E-state index >= 15 is 0 Å². The van der Waals surface area contributed by atoms with E-state index in [1.165, 1.54) is 6.07 Å². The quantitative estimate of drug-likeness (QED) is 0.437. The number of benzene rings is 1. The Balaban J connectivity index is 2.97. The molecule has 0 saturated heterocycles. The van der Waals surface area contributed by atoms with Crippen LogP contribution >= 0.6 is 0 Å². The van der Waals surface area contributed by atoms with Gasteiger partial charge in [0.05, 0.1) is 16.7 Å². The van der Waals surface area contributed by atoms with Crippen molar-refractivity contribution >= 4 is 21.4 Å². The maximum atomic E-state index is 12.1. The van der Waals surface area contributed by atoms with Crippen molar-refractivity contribution in [3.63, 3.8) is 0 Å². The van der Waals surface area contributed by atoms with Crippen molar-refractivity contribution < 1.29 is 18.1 Å². The van der Waals surface area contributed by atoms with Gasteiger partial charge in [0.15, 0.2) is 0 Å². The van der Waals surface area contributed by atoms with Gasteiger partial charge >= 0.3 is 0 Å². The summed E-state index contributed by atoms with van der Waals surface area (Å²) in [5.74, 6) is 0. The lowest BCUT2D eigenvalue weighted by Gasteiger charge is -2.13. The molecule has 8 nitrogen and oxygen atoms in total. The number of ether oxygens (including phenoxy) is 1. The monoisotopic (exact) mass is 303 g/mol. The summed E-state index contributed by atoms with van der Waals surface area (Å²) in [4.78, 5) is 9.68. The van der Waals surface area contributed by atoms with E-state index in [9.17, 15) is 18.5 Å². The fraction of sp³-hybridized carbons (Fsp3) is 0.455. The smallest absolute Gasteiger partial charge is 0.270 e. The van der Waals surface area contributed by atoms with Crippen molar-refractivity contribution in [2.24, 2.45) is 0 Å². The summed E-state index contributed by atoms with van der Waals surface area (Å²) in [6.07, 6.45) is -0.310. The standard InChI is InChI=1S/C11H17N3O5S/c1-3-19-8(2)7-13-20(17,18)11-6-9(14(15)16)4-5-10(11)12/h4-6,8,13H,3,7,12H2,1-2H3. The van der Waals surface area contributed by atoms with Crippen LogP contribution in [0.5, 0.6) is 0 Å². The Morgan fingerprint density at radius 1 is 1.50 bits per heavy atom. The number of nitrogens with zero attached hydrogens (tertiary/aromatic N) is 1. The van der Waals surface area contributed by atoms with E-state index in [1.54, 1.807) is 13.8 Å². The van der Waals surface area contributed by atoms with Crippen LogP contribution in [-0.2, 0) is 14.8 Å². The second-order valence-corrected chi connectivity index (χ2v) is 5.83. The van der Waals surface area contributed by atoms with Gasteiger partial charge < -0.3 is 10.5 Å². The Bertz CT molecular complexity index is 588. The summed E-state index contributed by atoms with van der Waals surface area (Å²) < 4.78 is 31.6. The predicted molar refractivity (Wildman–Crippen MR) is 73.8 cm³/mol. The molecular weight excluding hydrogens is 286 g/mol. The molecule has 0 aliphatic carbocycles. The molecule has 3 N–H and O–H groups in total. The first-order valence-corrected chi connectivity index (χ1v) is 7.41. The number of anilines is 1. The van der Waals surface area contributed by atoms with Gasteiger partial charge in [-0.25, -0.2) is 13.1 Å². The lowest BCUT2D eigenvalue weighted by Crippen LogP contribution is -2.32. The van der Waals surface area contributed by atoms with Gasteiger partial charge in [0.1, 0.15) is 4.90 Å². The molecule has 1 unspecified atom stereocenters. The highest BCUT2D eigenvalue weighted by atomic mass is 32.2. The molecule has 0 spiro atoms. The van der Waals surface area contributed by atoms with E-state index in [0.29, 0.717) is 6.61 Å². The van der Waals surface area contributed by atoms with E-state index in [0.717, 1.165) is 12.1 Å². The highest BCUT2D eigenvalue weighted by Crippen LogP contribution is 2.23. The van der Waals surface area contributed by atoms with E-state index in [-0.39, 0.29) is 28.9 Å². The molecule has 1 atom stereocenters. The topological polar surface area (TPSA) is 125 Å². The minimum absolute atomic E-state index is 0.0489. The largest absolute Gasteiger partial charge is 0.398 e. The van der Waals surface area contributed by atoms with Gasteiger partial charge in [-0.1, -0.05) is 0 Å². The fourth-order valence-corrected chi connectivity index (χ4v) is 2.78. The van der Waals surface area contributed by atoms with Gasteiger partial charge in [-0.05, 0) is 19.9 Å². The van der Waals surface area contributed by atoms with Crippen LogP contribution in [0.3, 0.4) is 0 Å². The number of nitrogens with two attached hydrogens (primary N) is 1. The highest BCUT2D eigenvalue weighted by molar-refractivity contribution is 7.89. The molecule has 0 heterocycles. The molecule has 0 aliphatic rings.